The van der Waals surface area contributed by atoms with E-state index in [-0.39, 0.29) is 20.1 Å². The van der Waals surface area contributed by atoms with Crippen molar-refractivity contribution in [1.29, 1.82) is 0 Å². The van der Waals surface area contributed by atoms with Crippen LogP contribution in [-0.2, 0) is 20.1 Å². The molecule has 3 nitrogen and oxygen atoms in total. The fraction of sp³-hybridized carbons (Fsp3) is 0. The molecule has 0 saturated heterocycles. The Labute approximate surface area is 95.5 Å². The molecule has 0 aliphatic rings. The van der Waals surface area contributed by atoms with E-state index in [9.17, 15) is 0 Å². The minimum atomic E-state index is 0. The molecule has 0 amide bonds. The fourth-order valence-electron chi connectivity index (χ4n) is 1.03. The van der Waals surface area contributed by atoms with Gasteiger partial charge in [-0.05, 0) is 16.9 Å². The third-order valence-corrected chi connectivity index (χ3v) is 1.63. The van der Waals surface area contributed by atoms with Gasteiger partial charge in [-0.2, -0.15) is 28.9 Å². The smallest absolute Gasteiger partial charge is 0.295 e. The predicted molar refractivity (Wildman–Crippen MR) is 48.7 cm³/mol. The zero-order valence-corrected chi connectivity index (χ0v) is 9.53. The molecule has 1 aromatic carbocycles. The molecule has 2 rings (SSSR count). The molecule has 1 heterocycles. The average molecular weight is 360 g/mol. The number of nitrogens with zero attached hydrogens (tertiary/aromatic N) is 3. The molecule has 1 aromatic heterocycles. The Kier molecular flexibility index (Phi) is 3.58. The van der Waals surface area contributed by atoms with Crippen molar-refractivity contribution >= 4 is 5.82 Å². The molecular weight excluding hydrogens is 354 g/mol. The second-order valence-corrected chi connectivity index (χ2v) is 2.48. The molecule has 0 aliphatic carbocycles. The summed E-state index contributed by atoms with van der Waals surface area (Å²) in [5.41, 5.74) is 0.845. The van der Waals surface area contributed by atoms with E-state index in [0.717, 1.165) is 5.69 Å². The van der Waals surface area contributed by atoms with E-state index in [1.165, 1.54) is 0 Å². The Morgan fingerprint density at radius 2 is 2.21 bits per heavy atom. The molecule has 0 saturated carbocycles. The molecular formula is C10H6IrN3-. The zero-order valence-electron chi connectivity index (χ0n) is 7.14. The van der Waals surface area contributed by atoms with Gasteiger partial charge in [0.25, 0.3) is 5.82 Å². The predicted octanol–water partition coefficient (Wildman–Crippen LogP) is 2.22. The summed E-state index contributed by atoms with van der Waals surface area (Å²) < 4.78 is 1.63. The van der Waals surface area contributed by atoms with Gasteiger partial charge in [-0.15, -0.1) is 6.07 Å². The summed E-state index contributed by atoms with van der Waals surface area (Å²) in [6.07, 6.45) is 1.75. The van der Waals surface area contributed by atoms with Crippen molar-refractivity contribution in [1.82, 2.24) is 9.78 Å². The first-order valence-corrected chi connectivity index (χ1v) is 3.80. The fourth-order valence-corrected chi connectivity index (χ4v) is 1.03. The Morgan fingerprint density at radius 3 is 2.79 bits per heavy atom. The topological polar surface area (TPSA) is 22.2 Å². The van der Waals surface area contributed by atoms with Gasteiger partial charge in [-0.3, -0.25) is 0 Å². The van der Waals surface area contributed by atoms with Crippen LogP contribution < -0.4 is 0 Å². The Morgan fingerprint density at radius 1 is 1.36 bits per heavy atom. The van der Waals surface area contributed by atoms with Gasteiger partial charge in [-0.1, -0.05) is 6.57 Å². The van der Waals surface area contributed by atoms with Crippen LogP contribution in [-0.4, -0.2) is 9.78 Å². The van der Waals surface area contributed by atoms with Crippen LogP contribution in [0.25, 0.3) is 10.5 Å². The third-order valence-electron chi connectivity index (χ3n) is 1.63. The van der Waals surface area contributed by atoms with Crippen molar-refractivity contribution in [2.75, 3.05) is 0 Å². The summed E-state index contributed by atoms with van der Waals surface area (Å²) in [5.74, 6) is 0.400. The Hall–Kier alpha value is -1.43. The van der Waals surface area contributed by atoms with Gasteiger partial charge in [-0.25, -0.2) is 0 Å². The summed E-state index contributed by atoms with van der Waals surface area (Å²) >= 11 is 0. The van der Waals surface area contributed by atoms with Gasteiger partial charge in [0.2, 0.25) is 0 Å². The first-order valence-electron chi connectivity index (χ1n) is 3.80. The number of benzene rings is 1. The normalized spacial score (nSPS) is 8.79. The first kappa shape index (κ1) is 10.6. The van der Waals surface area contributed by atoms with Crippen LogP contribution >= 0.6 is 0 Å². The Balaban J connectivity index is 0.000000980. The van der Waals surface area contributed by atoms with E-state index in [1.807, 2.05) is 24.3 Å². The number of hydrogen-bond acceptors (Lipinski definition) is 1. The zero-order chi connectivity index (χ0) is 9.10. The van der Waals surface area contributed by atoms with Gasteiger partial charge in [0, 0.05) is 26.3 Å². The quantitative estimate of drug-likeness (QED) is 0.715. The molecule has 0 spiro atoms. The molecule has 71 valence electrons. The number of hydrogen-bond donors (Lipinski definition) is 0. The van der Waals surface area contributed by atoms with E-state index in [1.54, 1.807) is 16.9 Å². The third kappa shape index (κ3) is 2.08. The van der Waals surface area contributed by atoms with Crippen LogP contribution in [0.4, 0.5) is 5.82 Å². The monoisotopic (exact) mass is 361 g/mol. The van der Waals surface area contributed by atoms with Crippen LogP contribution in [0.2, 0.25) is 0 Å². The standard InChI is InChI=1S/C10H6N3.Ir/c1-11-10-7-8-13(12-10)9-5-3-2-4-6-9;/h2-5,7-8H;/q-1;. The van der Waals surface area contributed by atoms with E-state index in [0.29, 0.717) is 5.82 Å². The average Bonchev–Trinajstić information content (AvgIpc) is 2.67. The van der Waals surface area contributed by atoms with Crippen LogP contribution in [0.5, 0.6) is 0 Å². The van der Waals surface area contributed by atoms with E-state index < -0.39 is 0 Å². The van der Waals surface area contributed by atoms with Crippen molar-refractivity contribution in [3.8, 4) is 5.69 Å². The van der Waals surface area contributed by atoms with Crippen molar-refractivity contribution in [3.63, 3.8) is 0 Å². The summed E-state index contributed by atoms with van der Waals surface area (Å²) in [4.78, 5) is 3.22. The summed E-state index contributed by atoms with van der Waals surface area (Å²) in [7, 11) is 0. The maximum atomic E-state index is 6.76. The molecule has 14 heavy (non-hydrogen) atoms. The molecule has 4 heteroatoms. The summed E-state index contributed by atoms with van der Waals surface area (Å²) in [5, 5.41) is 4.03. The van der Waals surface area contributed by atoms with Gasteiger partial charge in [0.05, 0.1) is 0 Å². The van der Waals surface area contributed by atoms with Crippen molar-refractivity contribution in [2.45, 2.75) is 0 Å². The molecule has 2 aromatic rings. The van der Waals surface area contributed by atoms with Crippen LogP contribution in [0, 0.1) is 12.6 Å². The molecule has 0 unspecified atom stereocenters. The molecule has 0 bridgehead atoms. The molecule has 0 N–H and O–H groups in total. The molecule has 0 fully saturated rings. The van der Waals surface area contributed by atoms with E-state index in [4.69, 9.17) is 6.57 Å². The Bertz CT molecular complexity index is 442. The molecule has 0 atom stereocenters. The van der Waals surface area contributed by atoms with E-state index >= 15 is 0 Å². The minimum Gasteiger partial charge on any atom is -0.359 e. The van der Waals surface area contributed by atoms with Crippen molar-refractivity contribution < 1.29 is 20.1 Å². The minimum absolute atomic E-state index is 0. The van der Waals surface area contributed by atoms with Crippen molar-refractivity contribution in [2.24, 2.45) is 0 Å². The van der Waals surface area contributed by atoms with Crippen LogP contribution in [0.1, 0.15) is 0 Å². The van der Waals surface area contributed by atoms with E-state index in [2.05, 4.69) is 16.0 Å². The van der Waals surface area contributed by atoms with Crippen LogP contribution in [0.15, 0.2) is 36.5 Å². The van der Waals surface area contributed by atoms with Gasteiger partial charge < -0.3 is 4.85 Å². The van der Waals surface area contributed by atoms with Gasteiger partial charge in [0.15, 0.2) is 0 Å². The second-order valence-electron chi connectivity index (χ2n) is 2.48. The molecule has 1 radical (unpaired) electrons. The second kappa shape index (κ2) is 4.71. The largest absolute Gasteiger partial charge is 0.359 e. The summed E-state index contributed by atoms with van der Waals surface area (Å²) in [6.45, 7) is 6.76. The SMILES string of the molecule is [C-]#[N+]c1ccn(-c2[c-]cccc2)n1.[Ir]. The number of rotatable bonds is 1. The number of aromatic nitrogens is 2. The van der Waals surface area contributed by atoms with Gasteiger partial charge in [0.1, 0.15) is 0 Å². The molecule has 0 aliphatic heterocycles. The first-order chi connectivity index (χ1) is 6.40. The van der Waals surface area contributed by atoms with Gasteiger partial charge >= 0.3 is 0 Å². The maximum Gasteiger partial charge on any atom is 0.295 e. The number of para-hydroxylation sites is 1. The maximum absolute atomic E-state index is 6.76. The van der Waals surface area contributed by atoms with Crippen molar-refractivity contribution in [3.05, 3.63) is 54.0 Å². The van der Waals surface area contributed by atoms with Crippen LogP contribution in [0.3, 0.4) is 0 Å². The summed E-state index contributed by atoms with van der Waals surface area (Å²) in [6, 6.07) is 12.2.